The average Bonchev–Trinajstić information content (AvgIpc) is 2.48. The van der Waals surface area contributed by atoms with Gasteiger partial charge < -0.3 is 20.5 Å². The first-order chi connectivity index (χ1) is 10.8. The number of ether oxygens (including phenoxy) is 2. The summed E-state index contributed by atoms with van der Waals surface area (Å²) in [5.74, 6) is 2.17. The van der Waals surface area contributed by atoms with Crippen molar-refractivity contribution in [3.8, 4) is 5.75 Å². The van der Waals surface area contributed by atoms with E-state index in [1.165, 1.54) is 19.3 Å². The van der Waals surface area contributed by atoms with Gasteiger partial charge in [-0.1, -0.05) is 18.6 Å². The van der Waals surface area contributed by atoms with Crippen molar-refractivity contribution in [1.29, 1.82) is 0 Å². The summed E-state index contributed by atoms with van der Waals surface area (Å²) in [6.45, 7) is 2.88. The Morgan fingerprint density at radius 2 is 2.17 bits per heavy atom. The third-order valence-electron chi connectivity index (χ3n) is 3.89. The zero-order chi connectivity index (χ0) is 15.6. The molecule has 1 aromatic rings. The number of hydrogen-bond donors (Lipinski definition) is 2. The maximum absolute atomic E-state index is 5.89. The molecule has 0 spiro atoms. The van der Waals surface area contributed by atoms with E-state index < -0.39 is 0 Å². The molecule has 6 heteroatoms. The van der Waals surface area contributed by atoms with Gasteiger partial charge in [0.25, 0.3) is 0 Å². The molecule has 1 fully saturated rings. The van der Waals surface area contributed by atoms with Gasteiger partial charge in [-0.05, 0) is 36.5 Å². The molecule has 0 saturated heterocycles. The standard InChI is InChI=1S/C17H27N3O2.HI/c1-21-9-4-10-22-16-8-3-7-15(11-16)13-20-17(18)19-12-14-5-2-6-14;/h3,7-8,11,14H,2,4-6,9-10,12-13H2,1H3,(H3,18,19,20);1H. The number of benzene rings is 1. The summed E-state index contributed by atoms with van der Waals surface area (Å²) in [7, 11) is 1.70. The number of halogens is 1. The van der Waals surface area contributed by atoms with E-state index in [-0.39, 0.29) is 24.0 Å². The van der Waals surface area contributed by atoms with Crippen molar-refractivity contribution in [2.45, 2.75) is 32.2 Å². The van der Waals surface area contributed by atoms with Crippen LogP contribution in [0.3, 0.4) is 0 Å². The van der Waals surface area contributed by atoms with Crippen LogP contribution in [0.25, 0.3) is 0 Å². The molecule has 2 rings (SSSR count). The highest BCUT2D eigenvalue weighted by Gasteiger charge is 2.16. The van der Waals surface area contributed by atoms with Gasteiger partial charge in [-0.15, -0.1) is 24.0 Å². The Morgan fingerprint density at radius 3 is 2.87 bits per heavy atom. The van der Waals surface area contributed by atoms with E-state index in [1.807, 2.05) is 24.3 Å². The van der Waals surface area contributed by atoms with E-state index in [4.69, 9.17) is 15.2 Å². The first-order valence-corrected chi connectivity index (χ1v) is 8.02. The zero-order valence-electron chi connectivity index (χ0n) is 13.8. The lowest BCUT2D eigenvalue weighted by Crippen LogP contribution is -2.37. The molecule has 0 radical (unpaired) electrons. The summed E-state index contributed by atoms with van der Waals surface area (Å²) in [4.78, 5) is 4.38. The van der Waals surface area contributed by atoms with Gasteiger partial charge in [-0.2, -0.15) is 0 Å². The van der Waals surface area contributed by atoms with Crippen LogP contribution in [0.5, 0.6) is 5.75 Å². The van der Waals surface area contributed by atoms with Crippen molar-refractivity contribution in [3.63, 3.8) is 0 Å². The lowest BCUT2D eigenvalue weighted by atomic mass is 9.85. The Kier molecular flexibility index (Phi) is 10.0. The minimum Gasteiger partial charge on any atom is -0.493 e. The third-order valence-corrected chi connectivity index (χ3v) is 3.89. The molecule has 0 bridgehead atoms. The molecular formula is C17H28IN3O2. The third kappa shape index (κ3) is 7.87. The summed E-state index contributed by atoms with van der Waals surface area (Å²) in [6, 6.07) is 7.98. The first-order valence-electron chi connectivity index (χ1n) is 8.02. The van der Waals surface area contributed by atoms with Crippen LogP contribution in [0.2, 0.25) is 0 Å². The monoisotopic (exact) mass is 433 g/mol. The van der Waals surface area contributed by atoms with Crippen LogP contribution in [-0.2, 0) is 11.3 Å². The Morgan fingerprint density at radius 1 is 1.35 bits per heavy atom. The highest BCUT2D eigenvalue weighted by molar-refractivity contribution is 14.0. The second kappa shape index (κ2) is 11.5. The van der Waals surface area contributed by atoms with Crippen molar-refractivity contribution < 1.29 is 9.47 Å². The van der Waals surface area contributed by atoms with Crippen LogP contribution in [0, 0.1) is 5.92 Å². The van der Waals surface area contributed by atoms with E-state index in [1.54, 1.807) is 7.11 Å². The van der Waals surface area contributed by atoms with E-state index in [0.717, 1.165) is 30.2 Å². The Balaban J connectivity index is 0.00000264. The predicted molar refractivity (Wildman–Crippen MR) is 105 cm³/mol. The molecule has 0 amide bonds. The van der Waals surface area contributed by atoms with Gasteiger partial charge in [0, 0.05) is 26.7 Å². The van der Waals surface area contributed by atoms with Gasteiger partial charge in [-0.25, -0.2) is 4.99 Å². The van der Waals surface area contributed by atoms with E-state index in [0.29, 0.717) is 25.7 Å². The van der Waals surface area contributed by atoms with Crippen molar-refractivity contribution in [1.82, 2.24) is 5.32 Å². The smallest absolute Gasteiger partial charge is 0.188 e. The quantitative estimate of drug-likeness (QED) is 0.272. The van der Waals surface area contributed by atoms with Crippen LogP contribution in [0.1, 0.15) is 31.2 Å². The lowest BCUT2D eigenvalue weighted by molar-refractivity contribution is 0.172. The second-order valence-corrected chi connectivity index (χ2v) is 5.72. The number of guanidine groups is 1. The number of rotatable bonds is 9. The molecule has 23 heavy (non-hydrogen) atoms. The molecule has 1 aromatic carbocycles. The largest absolute Gasteiger partial charge is 0.493 e. The number of aliphatic imine (C=N–C) groups is 1. The topological polar surface area (TPSA) is 68.9 Å². The van der Waals surface area contributed by atoms with Crippen molar-refractivity contribution in [2.75, 3.05) is 26.9 Å². The fraction of sp³-hybridized carbons (Fsp3) is 0.588. The normalized spacial score (nSPS) is 14.7. The van der Waals surface area contributed by atoms with Gasteiger partial charge in [0.2, 0.25) is 0 Å². The van der Waals surface area contributed by atoms with Crippen molar-refractivity contribution >= 4 is 29.9 Å². The lowest BCUT2D eigenvalue weighted by Gasteiger charge is -2.25. The predicted octanol–water partition coefficient (Wildman–Crippen LogP) is 2.92. The Labute approximate surface area is 156 Å². The van der Waals surface area contributed by atoms with Gasteiger partial charge in [0.1, 0.15) is 5.75 Å². The molecular weight excluding hydrogens is 405 g/mol. The van der Waals surface area contributed by atoms with Crippen LogP contribution in [-0.4, -0.2) is 32.8 Å². The van der Waals surface area contributed by atoms with E-state index >= 15 is 0 Å². The first kappa shape index (κ1) is 20.0. The number of nitrogens with zero attached hydrogens (tertiary/aromatic N) is 1. The minimum absolute atomic E-state index is 0. The maximum atomic E-state index is 5.89. The average molecular weight is 433 g/mol. The summed E-state index contributed by atoms with van der Waals surface area (Å²) >= 11 is 0. The van der Waals surface area contributed by atoms with Crippen LogP contribution >= 0.6 is 24.0 Å². The zero-order valence-corrected chi connectivity index (χ0v) is 16.1. The van der Waals surface area contributed by atoms with Gasteiger partial charge >= 0.3 is 0 Å². The maximum Gasteiger partial charge on any atom is 0.188 e. The van der Waals surface area contributed by atoms with E-state index in [2.05, 4.69) is 10.3 Å². The van der Waals surface area contributed by atoms with E-state index in [9.17, 15) is 0 Å². The summed E-state index contributed by atoms with van der Waals surface area (Å²) in [6.07, 6.45) is 4.85. The van der Waals surface area contributed by atoms with Gasteiger partial charge in [0.15, 0.2) is 5.96 Å². The van der Waals surface area contributed by atoms with Gasteiger partial charge in [-0.3, -0.25) is 0 Å². The summed E-state index contributed by atoms with van der Waals surface area (Å²) in [5, 5.41) is 3.20. The van der Waals surface area contributed by atoms with Gasteiger partial charge in [0.05, 0.1) is 13.2 Å². The molecule has 130 valence electrons. The number of nitrogens with one attached hydrogen (secondary N) is 1. The molecule has 1 aliphatic carbocycles. The molecule has 0 heterocycles. The fourth-order valence-corrected chi connectivity index (χ4v) is 2.31. The van der Waals surface area contributed by atoms with Crippen LogP contribution < -0.4 is 15.8 Å². The highest BCUT2D eigenvalue weighted by atomic mass is 127. The van der Waals surface area contributed by atoms with Crippen LogP contribution in [0.4, 0.5) is 0 Å². The molecule has 0 aliphatic heterocycles. The molecule has 5 nitrogen and oxygen atoms in total. The minimum atomic E-state index is 0. The molecule has 1 saturated carbocycles. The molecule has 3 N–H and O–H groups in total. The van der Waals surface area contributed by atoms with Crippen molar-refractivity contribution in [3.05, 3.63) is 29.8 Å². The number of methoxy groups -OCH3 is 1. The SMILES string of the molecule is COCCCOc1cccc(CN=C(N)NCC2CCC2)c1.I. The van der Waals surface area contributed by atoms with Crippen LogP contribution in [0.15, 0.2) is 29.3 Å². The molecule has 0 unspecified atom stereocenters. The number of nitrogens with two attached hydrogens (primary N) is 1. The molecule has 1 aliphatic rings. The molecule has 0 atom stereocenters. The summed E-state index contributed by atoms with van der Waals surface area (Å²) in [5.41, 5.74) is 6.99. The Bertz CT molecular complexity index is 479. The summed E-state index contributed by atoms with van der Waals surface area (Å²) < 4.78 is 10.7. The fourth-order valence-electron chi connectivity index (χ4n) is 2.31. The molecule has 0 aromatic heterocycles. The second-order valence-electron chi connectivity index (χ2n) is 5.72. The number of hydrogen-bond acceptors (Lipinski definition) is 3. The van der Waals surface area contributed by atoms with Crippen molar-refractivity contribution in [2.24, 2.45) is 16.6 Å². The Hall–Kier alpha value is -1.02. The highest BCUT2D eigenvalue weighted by Crippen LogP contribution is 2.25.